The molecule has 0 unspecified atom stereocenters. The predicted molar refractivity (Wildman–Crippen MR) is 71.3 cm³/mol. The Kier molecular flexibility index (Phi) is 3.81. The molecule has 0 saturated carbocycles. The third-order valence-electron chi connectivity index (χ3n) is 2.88. The van der Waals surface area contributed by atoms with E-state index in [0.717, 1.165) is 12.2 Å². The van der Waals surface area contributed by atoms with Gasteiger partial charge in [0, 0.05) is 0 Å². The van der Waals surface area contributed by atoms with Crippen LogP contribution in [0.4, 0.5) is 0 Å². The van der Waals surface area contributed by atoms with Crippen molar-refractivity contribution in [2.24, 2.45) is 0 Å². The lowest BCUT2D eigenvalue weighted by molar-refractivity contribution is 0.305. The van der Waals surface area contributed by atoms with Gasteiger partial charge in [0.2, 0.25) is 0 Å². The lowest BCUT2D eigenvalue weighted by atomic mass is 10.0. The molecule has 0 bridgehead atoms. The zero-order valence-electron chi connectivity index (χ0n) is 10.4. The summed E-state index contributed by atoms with van der Waals surface area (Å²) >= 11 is 0. The minimum atomic E-state index is 0.648. The maximum absolute atomic E-state index is 5.79. The molecule has 0 aliphatic carbocycles. The van der Waals surface area contributed by atoms with Gasteiger partial charge in [-0.3, -0.25) is 0 Å². The predicted octanol–water partition coefficient (Wildman–Crippen LogP) is 4.14. The molecule has 0 fully saturated rings. The number of rotatable bonds is 4. The number of benzene rings is 2. The highest BCUT2D eigenvalue weighted by molar-refractivity contribution is 5.32. The second-order valence-electron chi connectivity index (χ2n) is 4.23. The molecule has 0 N–H and O–H groups in total. The smallest absolute Gasteiger partial charge is 0.119 e. The van der Waals surface area contributed by atoms with Crippen molar-refractivity contribution in [2.45, 2.75) is 26.9 Å². The van der Waals surface area contributed by atoms with E-state index in [1.807, 2.05) is 30.3 Å². The van der Waals surface area contributed by atoms with Crippen LogP contribution in [0.3, 0.4) is 0 Å². The molecule has 0 heterocycles. The Hall–Kier alpha value is -1.76. The van der Waals surface area contributed by atoms with E-state index in [1.165, 1.54) is 16.7 Å². The van der Waals surface area contributed by atoms with Crippen molar-refractivity contribution in [3.63, 3.8) is 0 Å². The molecule has 1 nitrogen and oxygen atoms in total. The molecule has 0 aliphatic rings. The molecule has 0 amide bonds. The first-order valence-electron chi connectivity index (χ1n) is 6.06. The fourth-order valence-corrected chi connectivity index (χ4v) is 1.91. The van der Waals surface area contributed by atoms with Gasteiger partial charge >= 0.3 is 0 Å². The first kappa shape index (κ1) is 11.7. The lowest BCUT2D eigenvalue weighted by Gasteiger charge is -2.10. The molecule has 0 aromatic heterocycles. The largest absolute Gasteiger partial charge is 0.489 e. The maximum Gasteiger partial charge on any atom is 0.119 e. The van der Waals surface area contributed by atoms with Crippen molar-refractivity contribution in [3.05, 3.63) is 65.2 Å². The van der Waals surface area contributed by atoms with E-state index in [-0.39, 0.29) is 0 Å². The van der Waals surface area contributed by atoms with Crippen molar-refractivity contribution >= 4 is 0 Å². The molecular formula is C16H18O. The number of ether oxygens (including phenoxy) is 1. The summed E-state index contributed by atoms with van der Waals surface area (Å²) in [6, 6.07) is 16.5. The van der Waals surface area contributed by atoms with Crippen LogP contribution in [0.5, 0.6) is 5.75 Å². The number of aryl methyl sites for hydroxylation is 2. The SMILES string of the molecule is CCc1ccc(C)cc1COc1ccccc1. The van der Waals surface area contributed by atoms with Gasteiger partial charge in [0.25, 0.3) is 0 Å². The first-order chi connectivity index (χ1) is 8.29. The normalized spacial score (nSPS) is 10.2. The molecule has 0 saturated heterocycles. The van der Waals surface area contributed by atoms with Crippen molar-refractivity contribution in [3.8, 4) is 5.75 Å². The van der Waals surface area contributed by atoms with Gasteiger partial charge < -0.3 is 4.74 Å². The van der Waals surface area contributed by atoms with Crippen LogP contribution in [0.15, 0.2) is 48.5 Å². The maximum atomic E-state index is 5.79. The standard InChI is InChI=1S/C16H18O/c1-3-14-10-9-13(2)11-15(14)12-17-16-7-5-4-6-8-16/h4-11H,3,12H2,1-2H3. The molecule has 17 heavy (non-hydrogen) atoms. The summed E-state index contributed by atoms with van der Waals surface area (Å²) < 4.78 is 5.79. The molecule has 0 radical (unpaired) electrons. The van der Waals surface area contributed by atoms with E-state index in [0.29, 0.717) is 6.61 Å². The van der Waals surface area contributed by atoms with Crippen molar-refractivity contribution in [2.75, 3.05) is 0 Å². The minimum Gasteiger partial charge on any atom is -0.489 e. The Bertz CT molecular complexity index is 474. The Labute approximate surface area is 103 Å². The van der Waals surface area contributed by atoms with Gasteiger partial charge in [-0.1, -0.05) is 48.9 Å². The average molecular weight is 226 g/mol. The molecule has 2 aromatic rings. The number of para-hydroxylation sites is 1. The molecule has 0 spiro atoms. The van der Waals surface area contributed by atoms with E-state index in [1.54, 1.807) is 0 Å². The zero-order valence-corrected chi connectivity index (χ0v) is 10.4. The molecule has 1 heteroatoms. The molecule has 2 rings (SSSR count). The van der Waals surface area contributed by atoms with Gasteiger partial charge in [0.15, 0.2) is 0 Å². The third kappa shape index (κ3) is 3.10. The average Bonchev–Trinajstić information content (AvgIpc) is 2.38. The summed E-state index contributed by atoms with van der Waals surface area (Å²) in [5.41, 5.74) is 3.94. The van der Waals surface area contributed by atoms with Crippen molar-refractivity contribution in [1.29, 1.82) is 0 Å². The summed E-state index contributed by atoms with van der Waals surface area (Å²) in [6.45, 7) is 4.94. The first-order valence-corrected chi connectivity index (χ1v) is 6.06. The Balaban J connectivity index is 2.11. The molecule has 2 aromatic carbocycles. The van der Waals surface area contributed by atoms with Crippen LogP contribution in [-0.2, 0) is 13.0 Å². The quantitative estimate of drug-likeness (QED) is 0.761. The van der Waals surface area contributed by atoms with E-state index in [4.69, 9.17) is 4.74 Å². The van der Waals surface area contributed by atoms with Gasteiger partial charge in [-0.05, 0) is 36.6 Å². The minimum absolute atomic E-state index is 0.648. The van der Waals surface area contributed by atoms with Crippen molar-refractivity contribution in [1.82, 2.24) is 0 Å². The topological polar surface area (TPSA) is 9.23 Å². The second kappa shape index (κ2) is 5.53. The van der Waals surface area contributed by atoms with Crippen LogP contribution in [0.25, 0.3) is 0 Å². The van der Waals surface area contributed by atoms with E-state index in [2.05, 4.69) is 32.0 Å². The Morgan fingerprint density at radius 2 is 1.71 bits per heavy atom. The summed E-state index contributed by atoms with van der Waals surface area (Å²) in [4.78, 5) is 0. The van der Waals surface area contributed by atoms with Crippen LogP contribution in [-0.4, -0.2) is 0 Å². The fourth-order valence-electron chi connectivity index (χ4n) is 1.91. The monoisotopic (exact) mass is 226 g/mol. The van der Waals surface area contributed by atoms with E-state index in [9.17, 15) is 0 Å². The van der Waals surface area contributed by atoms with E-state index < -0.39 is 0 Å². The van der Waals surface area contributed by atoms with Gasteiger partial charge in [-0.25, -0.2) is 0 Å². The number of hydrogen-bond donors (Lipinski definition) is 0. The molecular weight excluding hydrogens is 208 g/mol. The van der Waals surface area contributed by atoms with E-state index >= 15 is 0 Å². The fraction of sp³-hybridized carbons (Fsp3) is 0.250. The zero-order chi connectivity index (χ0) is 12.1. The van der Waals surface area contributed by atoms with Crippen LogP contribution in [0.1, 0.15) is 23.6 Å². The molecule has 0 atom stereocenters. The van der Waals surface area contributed by atoms with Gasteiger partial charge in [0.1, 0.15) is 12.4 Å². The van der Waals surface area contributed by atoms with Crippen LogP contribution in [0.2, 0.25) is 0 Å². The summed E-state index contributed by atoms with van der Waals surface area (Å²) in [5, 5.41) is 0. The van der Waals surface area contributed by atoms with Crippen LogP contribution >= 0.6 is 0 Å². The van der Waals surface area contributed by atoms with Crippen LogP contribution < -0.4 is 4.74 Å². The second-order valence-corrected chi connectivity index (χ2v) is 4.23. The highest BCUT2D eigenvalue weighted by atomic mass is 16.5. The lowest BCUT2D eigenvalue weighted by Crippen LogP contribution is -2.00. The van der Waals surface area contributed by atoms with Gasteiger partial charge in [0.05, 0.1) is 0 Å². The molecule has 88 valence electrons. The summed E-state index contributed by atoms with van der Waals surface area (Å²) in [7, 11) is 0. The third-order valence-corrected chi connectivity index (χ3v) is 2.88. The summed E-state index contributed by atoms with van der Waals surface area (Å²) in [6.07, 6.45) is 1.05. The van der Waals surface area contributed by atoms with Crippen LogP contribution in [0, 0.1) is 6.92 Å². The summed E-state index contributed by atoms with van der Waals surface area (Å²) in [5.74, 6) is 0.927. The van der Waals surface area contributed by atoms with Gasteiger partial charge in [-0.15, -0.1) is 0 Å². The number of hydrogen-bond acceptors (Lipinski definition) is 1. The van der Waals surface area contributed by atoms with Crippen molar-refractivity contribution < 1.29 is 4.74 Å². The highest BCUT2D eigenvalue weighted by Gasteiger charge is 2.02. The highest BCUT2D eigenvalue weighted by Crippen LogP contribution is 2.16. The Morgan fingerprint density at radius 3 is 2.41 bits per heavy atom. The molecule has 0 aliphatic heterocycles. The van der Waals surface area contributed by atoms with Gasteiger partial charge in [-0.2, -0.15) is 0 Å². The Morgan fingerprint density at radius 1 is 0.941 bits per heavy atom.